The number of hydrogen-bond donors (Lipinski definition) is 2. The monoisotopic (exact) mass is 317 g/mol. The first-order valence-electron chi connectivity index (χ1n) is 8.33. The molecule has 0 spiro atoms. The van der Waals surface area contributed by atoms with Gasteiger partial charge in [0, 0.05) is 12.6 Å². The highest BCUT2D eigenvalue weighted by molar-refractivity contribution is 5.85. The molecule has 1 amide bonds. The number of carbonyl (C=O) groups excluding carboxylic acids is 1. The zero-order valence-electron chi connectivity index (χ0n) is 13.4. The lowest BCUT2D eigenvalue weighted by Gasteiger charge is -2.24. The summed E-state index contributed by atoms with van der Waals surface area (Å²) in [4.78, 5) is 14.4. The molecule has 1 aliphatic heterocycles. The lowest BCUT2D eigenvalue weighted by atomic mass is 9.90. The van der Waals surface area contributed by atoms with Crippen LogP contribution >= 0.6 is 12.4 Å². The van der Waals surface area contributed by atoms with E-state index in [9.17, 15) is 4.79 Å². The third-order valence-corrected chi connectivity index (χ3v) is 4.97. The second-order valence-corrected chi connectivity index (χ2v) is 7.08. The molecule has 1 unspecified atom stereocenters. The van der Waals surface area contributed by atoms with Crippen molar-refractivity contribution in [2.24, 2.45) is 11.1 Å². The van der Waals surface area contributed by atoms with Crippen molar-refractivity contribution in [3.05, 3.63) is 0 Å². The maximum atomic E-state index is 12.2. The first-order chi connectivity index (χ1) is 9.61. The fraction of sp³-hybridized carbons (Fsp3) is 0.938. The summed E-state index contributed by atoms with van der Waals surface area (Å²) in [6.45, 7) is 5.45. The third-order valence-electron chi connectivity index (χ3n) is 4.97. The minimum atomic E-state index is 0. The van der Waals surface area contributed by atoms with Crippen LogP contribution < -0.4 is 11.1 Å². The van der Waals surface area contributed by atoms with Crippen molar-refractivity contribution in [2.75, 3.05) is 26.2 Å². The first kappa shape index (κ1) is 18.7. The molecule has 4 nitrogen and oxygen atoms in total. The van der Waals surface area contributed by atoms with Crippen LogP contribution in [0, 0.1) is 5.41 Å². The van der Waals surface area contributed by atoms with Gasteiger partial charge in [-0.1, -0.05) is 39.0 Å². The van der Waals surface area contributed by atoms with E-state index in [-0.39, 0.29) is 23.7 Å². The molecule has 124 valence electrons. The van der Waals surface area contributed by atoms with Crippen LogP contribution in [-0.4, -0.2) is 43.0 Å². The summed E-state index contributed by atoms with van der Waals surface area (Å²) < 4.78 is 0. The van der Waals surface area contributed by atoms with Gasteiger partial charge in [0.2, 0.25) is 5.91 Å². The molecule has 0 bridgehead atoms. The molecule has 5 heteroatoms. The lowest BCUT2D eigenvalue weighted by molar-refractivity contribution is -0.122. The highest BCUT2D eigenvalue weighted by atomic mass is 35.5. The predicted molar refractivity (Wildman–Crippen MR) is 89.7 cm³/mol. The SMILES string of the molecule is CC1(CN)CCN(CC(=O)NC2CCCCCCC2)C1.Cl. The predicted octanol–water partition coefficient (Wildman–Crippen LogP) is 2.31. The average Bonchev–Trinajstić information content (AvgIpc) is 2.75. The highest BCUT2D eigenvalue weighted by Gasteiger charge is 2.33. The Balaban J connectivity index is 0.00000220. The van der Waals surface area contributed by atoms with Crippen molar-refractivity contribution in [1.29, 1.82) is 0 Å². The van der Waals surface area contributed by atoms with Crippen molar-refractivity contribution in [3.63, 3.8) is 0 Å². The molecule has 21 heavy (non-hydrogen) atoms. The molecule has 1 saturated heterocycles. The summed E-state index contributed by atoms with van der Waals surface area (Å²) in [7, 11) is 0. The highest BCUT2D eigenvalue weighted by Crippen LogP contribution is 2.28. The van der Waals surface area contributed by atoms with Gasteiger partial charge in [0.05, 0.1) is 6.54 Å². The van der Waals surface area contributed by atoms with Gasteiger partial charge in [-0.3, -0.25) is 9.69 Å². The number of nitrogens with zero attached hydrogens (tertiary/aromatic N) is 1. The number of likely N-dealkylation sites (tertiary alicyclic amines) is 1. The normalized spacial score (nSPS) is 28.5. The maximum absolute atomic E-state index is 12.2. The quantitative estimate of drug-likeness (QED) is 0.836. The van der Waals surface area contributed by atoms with Gasteiger partial charge in [-0.25, -0.2) is 0 Å². The molecular weight excluding hydrogens is 286 g/mol. The van der Waals surface area contributed by atoms with Gasteiger partial charge < -0.3 is 11.1 Å². The number of halogens is 1. The van der Waals surface area contributed by atoms with Gasteiger partial charge in [-0.2, -0.15) is 0 Å². The Bertz CT molecular complexity index is 310. The van der Waals surface area contributed by atoms with Crippen LogP contribution in [0.5, 0.6) is 0 Å². The van der Waals surface area contributed by atoms with Crippen LogP contribution in [0.1, 0.15) is 58.3 Å². The third kappa shape index (κ3) is 6.13. The Morgan fingerprint density at radius 2 is 1.86 bits per heavy atom. The molecular formula is C16H32ClN3O. The van der Waals surface area contributed by atoms with Crippen molar-refractivity contribution < 1.29 is 4.79 Å². The summed E-state index contributed by atoms with van der Waals surface area (Å²) in [5, 5.41) is 3.25. The van der Waals surface area contributed by atoms with Crippen molar-refractivity contribution in [3.8, 4) is 0 Å². The number of nitrogens with two attached hydrogens (primary N) is 1. The van der Waals surface area contributed by atoms with Crippen molar-refractivity contribution in [2.45, 2.75) is 64.3 Å². The second kappa shape index (κ2) is 8.96. The Morgan fingerprint density at radius 1 is 1.24 bits per heavy atom. The average molecular weight is 318 g/mol. The van der Waals surface area contributed by atoms with Crippen molar-refractivity contribution in [1.82, 2.24) is 10.2 Å². The maximum Gasteiger partial charge on any atom is 0.234 e. The van der Waals surface area contributed by atoms with E-state index in [2.05, 4.69) is 17.1 Å². The van der Waals surface area contributed by atoms with E-state index in [1.807, 2.05) is 0 Å². The fourth-order valence-corrected chi connectivity index (χ4v) is 3.50. The van der Waals surface area contributed by atoms with E-state index in [0.29, 0.717) is 19.1 Å². The van der Waals surface area contributed by atoms with Crippen LogP contribution in [0.4, 0.5) is 0 Å². The molecule has 1 heterocycles. The molecule has 0 aromatic heterocycles. The Hall–Kier alpha value is -0.320. The summed E-state index contributed by atoms with van der Waals surface area (Å²) in [6.07, 6.45) is 9.98. The molecule has 1 saturated carbocycles. The molecule has 3 N–H and O–H groups in total. The minimum Gasteiger partial charge on any atom is -0.352 e. The standard InChI is InChI=1S/C16H31N3O.ClH/c1-16(12-17)9-10-19(13-16)11-15(20)18-14-7-5-3-2-4-6-8-14;/h14H,2-13,17H2,1H3,(H,18,20);1H. The number of rotatable bonds is 4. The molecule has 0 aromatic rings. The van der Waals surface area contributed by atoms with Gasteiger partial charge in [-0.15, -0.1) is 12.4 Å². The van der Waals surface area contributed by atoms with Crippen LogP contribution in [0.3, 0.4) is 0 Å². The van der Waals surface area contributed by atoms with Crippen LogP contribution in [0.25, 0.3) is 0 Å². The van der Waals surface area contributed by atoms with E-state index in [4.69, 9.17) is 5.73 Å². The minimum absolute atomic E-state index is 0. The molecule has 2 rings (SSSR count). The fourth-order valence-electron chi connectivity index (χ4n) is 3.50. The van der Waals surface area contributed by atoms with Crippen molar-refractivity contribution >= 4 is 18.3 Å². The topological polar surface area (TPSA) is 58.4 Å². The van der Waals surface area contributed by atoms with Gasteiger partial charge in [-0.05, 0) is 37.8 Å². The van der Waals surface area contributed by atoms with E-state index >= 15 is 0 Å². The number of hydrogen-bond acceptors (Lipinski definition) is 3. The van der Waals surface area contributed by atoms with Gasteiger partial charge in [0.1, 0.15) is 0 Å². The first-order valence-corrected chi connectivity index (χ1v) is 8.33. The largest absolute Gasteiger partial charge is 0.352 e. The van der Waals surface area contributed by atoms with E-state index in [1.54, 1.807) is 0 Å². The zero-order chi connectivity index (χ0) is 14.4. The molecule has 1 atom stereocenters. The molecule has 2 fully saturated rings. The van der Waals surface area contributed by atoms with E-state index < -0.39 is 0 Å². The molecule has 2 aliphatic rings. The van der Waals surface area contributed by atoms with Gasteiger partial charge in [0.15, 0.2) is 0 Å². The van der Waals surface area contributed by atoms with E-state index in [0.717, 1.165) is 32.4 Å². The van der Waals surface area contributed by atoms with Crippen LogP contribution in [-0.2, 0) is 4.79 Å². The van der Waals surface area contributed by atoms with E-state index in [1.165, 1.54) is 32.1 Å². The molecule has 1 aliphatic carbocycles. The summed E-state index contributed by atoms with van der Waals surface area (Å²) >= 11 is 0. The number of carbonyl (C=O) groups is 1. The second-order valence-electron chi connectivity index (χ2n) is 7.08. The summed E-state index contributed by atoms with van der Waals surface area (Å²) in [5.74, 6) is 0.205. The number of nitrogens with one attached hydrogen (secondary N) is 1. The number of amides is 1. The lowest BCUT2D eigenvalue weighted by Crippen LogP contribution is -2.42. The molecule has 0 radical (unpaired) electrons. The Morgan fingerprint density at radius 3 is 2.43 bits per heavy atom. The van der Waals surface area contributed by atoms with Gasteiger partial charge >= 0.3 is 0 Å². The Labute approximate surface area is 135 Å². The summed E-state index contributed by atoms with van der Waals surface area (Å²) in [6, 6.07) is 0.409. The zero-order valence-corrected chi connectivity index (χ0v) is 14.2. The van der Waals surface area contributed by atoms with Crippen LogP contribution in [0.2, 0.25) is 0 Å². The summed E-state index contributed by atoms with van der Waals surface area (Å²) in [5.41, 5.74) is 6.02. The van der Waals surface area contributed by atoms with Gasteiger partial charge in [0.25, 0.3) is 0 Å². The molecule has 0 aromatic carbocycles. The Kier molecular flexibility index (Phi) is 7.99. The smallest absolute Gasteiger partial charge is 0.234 e. The van der Waals surface area contributed by atoms with Crippen LogP contribution in [0.15, 0.2) is 0 Å².